The van der Waals surface area contributed by atoms with Gasteiger partial charge in [-0.25, -0.2) is 5.43 Å². The summed E-state index contributed by atoms with van der Waals surface area (Å²) in [5.41, 5.74) is 6.28. The van der Waals surface area contributed by atoms with E-state index in [1.54, 1.807) is 6.21 Å². The molecule has 34 heavy (non-hydrogen) atoms. The van der Waals surface area contributed by atoms with Crippen molar-refractivity contribution in [1.29, 1.82) is 0 Å². The molecule has 0 aliphatic carbocycles. The number of rotatable bonds is 12. The van der Waals surface area contributed by atoms with E-state index < -0.39 is 0 Å². The van der Waals surface area contributed by atoms with E-state index in [-0.39, 0.29) is 23.3 Å². The zero-order valence-corrected chi connectivity index (χ0v) is 22.1. The Morgan fingerprint density at radius 1 is 0.941 bits per heavy atom. The molecule has 5 heteroatoms. The molecule has 2 rings (SSSR count). The molecule has 0 radical (unpaired) electrons. The Morgan fingerprint density at radius 3 is 2.06 bits per heavy atom. The molecule has 0 bridgehead atoms. The van der Waals surface area contributed by atoms with Crippen LogP contribution in [0.2, 0.25) is 0 Å². The summed E-state index contributed by atoms with van der Waals surface area (Å²) < 4.78 is 5.64. The van der Waals surface area contributed by atoms with Crippen molar-refractivity contribution < 1.29 is 9.53 Å². The first-order valence-corrected chi connectivity index (χ1v) is 12.4. The molecule has 2 aromatic carbocycles. The van der Waals surface area contributed by atoms with Gasteiger partial charge in [-0.1, -0.05) is 72.7 Å². The molecule has 0 atom stereocenters. The van der Waals surface area contributed by atoms with Gasteiger partial charge >= 0.3 is 0 Å². The second-order valence-electron chi connectivity index (χ2n) is 10.8. The number of hydrazone groups is 1. The lowest BCUT2D eigenvalue weighted by atomic mass is 9.72. The Kier molecular flexibility index (Phi) is 10.2. The van der Waals surface area contributed by atoms with Crippen molar-refractivity contribution in [2.75, 3.05) is 24.6 Å². The van der Waals surface area contributed by atoms with Gasteiger partial charge < -0.3 is 9.64 Å². The van der Waals surface area contributed by atoms with Crippen LogP contribution in [0.4, 0.5) is 5.69 Å². The SMILES string of the molecule is CCCN(CCC)c1ccc(/C=N/NC(=O)COc2ccc(C(C)(C)CC(C)(C)C)cc2)cc1. The van der Waals surface area contributed by atoms with Crippen LogP contribution in [-0.2, 0) is 10.2 Å². The fourth-order valence-corrected chi connectivity index (χ4v) is 4.47. The minimum Gasteiger partial charge on any atom is -0.484 e. The maximum Gasteiger partial charge on any atom is 0.277 e. The maximum absolute atomic E-state index is 12.1. The Labute approximate surface area is 206 Å². The number of nitrogens with zero attached hydrogens (tertiary/aromatic N) is 2. The van der Waals surface area contributed by atoms with Crippen LogP contribution in [0.3, 0.4) is 0 Å². The van der Waals surface area contributed by atoms with Crippen LogP contribution in [0.1, 0.15) is 78.9 Å². The molecule has 0 saturated heterocycles. The first kappa shape index (κ1) is 27.4. The van der Waals surface area contributed by atoms with Crippen molar-refractivity contribution in [2.24, 2.45) is 10.5 Å². The zero-order chi connectivity index (χ0) is 25.2. The maximum atomic E-state index is 12.1. The molecule has 5 nitrogen and oxygen atoms in total. The summed E-state index contributed by atoms with van der Waals surface area (Å²) in [6, 6.07) is 16.3. The summed E-state index contributed by atoms with van der Waals surface area (Å²) in [6.45, 7) is 17.7. The molecule has 1 amide bonds. The average Bonchev–Trinajstić information content (AvgIpc) is 2.77. The quantitative estimate of drug-likeness (QED) is 0.285. The molecule has 186 valence electrons. The molecule has 0 fully saturated rings. The molecule has 0 aromatic heterocycles. The van der Waals surface area contributed by atoms with E-state index in [4.69, 9.17) is 4.74 Å². The largest absolute Gasteiger partial charge is 0.484 e. The summed E-state index contributed by atoms with van der Waals surface area (Å²) in [6.07, 6.45) is 4.98. The number of ether oxygens (including phenoxy) is 1. The molecular formula is C29H43N3O2. The molecule has 0 aliphatic rings. The second kappa shape index (κ2) is 12.6. The first-order chi connectivity index (χ1) is 16.0. The number of carbonyl (C=O) groups is 1. The van der Waals surface area contributed by atoms with Gasteiger partial charge in [-0.2, -0.15) is 5.10 Å². The summed E-state index contributed by atoms with van der Waals surface area (Å²) >= 11 is 0. The highest BCUT2D eigenvalue weighted by Gasteiger charge is 2.27. The van der Waals surface area contributed by atoms with Gasteiger partial charge in [0.15, 0.2) is 6.61 Å². The molecular weight excluding hydrogens is 422 g/mol. The Morgan fingerprint density at radius 2 is 1.53 bits per heavy atom. The number of hydrogen-bond acceptors (Lipinski definition) is 4. The van der Waals surface area contributed by atoms with Crippen molar-refractivity contribution in [1.82, 2.24) is 5.43 Å². The molecule has 0 spiro atoms. The number of carbonyl (C=O) groups excluding carboxylic acids is 1. The van der Waals surface area contributed by atoms with Gasteiger partial charge in [-0.05, 0) is 65.5 Å². The third-order valence-electron chi connectivity index (χ3n) is 5.63. The van der Waals surface area contributed by atoms with Gasteiger partial charge in [0.05, 0.1) is 6.21 Å². The lowest BCUT2D eigenvalue weighted by molar-refractivity contribution is -0.123. The summed E-state index contributed by atoms with van der Waals surface area (Å²) in [5, 5.41) is 4.06. The lowest BCUT2D eigenvalue weighted by Gasteiger charge is -2.33. The number of anilines is 1. The highest BCUT2D eigenvalue weighted by Crippen LogP contribution is 2.36. The fourth-order valence-electron chi connectivity index (χ4n) is 4.47. The van der Waals surface area contributed by atoms with Crippen molar-refractivity contribution in [3.05, 3.63) is 59.7 Å². The van der Waals surface area contributed by atoms with Crippen LogP contribution in [0.15, 0.2) is 53.6 Å². The average molecular weight is 466 g/mol. The summed E-state index contributed by atoms with van der Waals surface area (Å²) in [4.78, 5) is 14.5. The molecule has 1 N–H and O–H groups in total. The van der Waals surface area contributed by atoms with Gasteiger partial charge in [0.2, 0.25) is 0 Å². The van der Waals surface area contributed by atoms with Gasteiger partial charge in [-0.3, -0.25) is 4.79 Å². The molecule has 0 heterocycles. The van der Waals surface area contributed by atoms with Crippen LogP contribution < -0.4 is 15.1 Å². The number of amides is 1. The summed E-state index contributed by atoms with van der Waals surface area (Å²) in [5.74, 6) is 0.385. The predicted molar refractivity (Wildman–Crippen MR) is 144 cm³/mol. The normalized spacial score (nSPS) is 12.1. The minimum atomic E-state index is -0.290. The first-order valence-electron chi connectivity index (χ1n) is 12.4. The minimum absolute atomic E-state index is 0.0748. The summed E-state index contributed by atoms with van der Waals surface area (Å²) in [7, 11) is 0. The fraction of sp³-hybridized carbons (Fsp3) is 0.517. The molecule has 0 saturated carbocycles. The van der Waals surface area contributed by atoms with E-state index in [1.807, 2.05) is 24.3 Å². The van der Waals surface area contributed by atoms with E-state index in [0.717, 1.165) is 37.9 Å². The lowest BCUT2D eigenvalue weighted by Crippen LogP contribution is -2.25. The third kappa shape index (κ3) is 9.20. The van der Waals surface area contributed by atoms with Crippen molar-refractivity contribution in [2.45, 2.75) is 73.1 Å². The van der Waals surface area contributed by atoms with Crippen LogP contribution in [0, 0.1) is 5.41 Å². The third-order valence-corrected chi connectivity index (χ3v) is 5.63. The monoisotopic (exact) mass is 465 g/mol. The van der Waals surface area contributed by atoms with E-state index in [0.29, 0.717) is 5.75 Å². The van der Waals surface area contributed by atoms with E-state index in [2.05, 4.69) is 88.2 Å². The Hall–Kier alpha value is -2.82. The van der Waals surface area contributed by atoms with Crippen LogP contribution >= 0.6 is 0 Å². The highest BCUT2D eigenvalue weighted by atomic mass is 16.5. The smallest absolute Gasteiger partial charge is 0.277 e. The Balaban J connectivity index is 1.83. The van der Waals surface area contributed by atoms with Crippen molar-refractivity contribution in [3.8, 4) is 5.75 Å². The second-order valence-corrected chi connectivity index (χ2v) is 10.8. The Bertz CT molecular complexity index is 904. The van der Waals surface area contributed by atoms with Crippen LogP contribution in [0.5, 0.6) is 5.75 Å². The standard InChI is InChI=1S/C29H43N3O2/c1-8-18-32(19-9-2)25-14-10-23(11-15-25)20-30-31-27(33)21-34-26-16-12-24(13-17-26)29(6,7)22-28(3,4)5/h10-17,20H,8-9,18-19,21-22H2,1-7H3,(H,31,33)/b30-20+. The molecule has 0 unspecified atom stereocenters. The van der Waals surface area contributed by atoms with E-state index in [1.165, 1.54) is 11.3 Å². The topological polar surface area (TPSA) is 53.9 Å². The molecule has 2 aromatic rings. The predicted octanol–water partition coefficient (Wildman–Crippen LogP) is 6.56. The van der Waals surface area contributed by atoms with Crippen molar-refractivity contribution in [3.63, 3.8) is 0 Å². The van der Waals surface area contributed by atoms with Crippen molar-refractivity contribution >= 4 is 17.8 Å². The van der Waals surface area contributed by atoms with E-state index in [9.17, 15) is 4.79 Å². The van der Waals surface area contributed by atoms with Gasteiger partial charge in [-0.15, -0.1) is 0 Å². The number of benzene rings is 2. The van der Waals surface area contributed by atoms with Crippen LogP contribution in [0.25, 0.3) is 0 Å². The van der Waals surface area contributed by atoms with Gasteiger partial charge in [0, 0.05) is 18.8 Å². The van der Waals surface area contributed by atoms with Gasteiger partial charge in [0.25, 0.3) is 5.91 Å². The molecule has 0 aliphatic heterocycles. The highest BCUT2D eigenvalue weighted by molar-refractivity contribution is 5.83. The van der Waals surface area contributed by atoms with Crippen LogP contribution in [-0.4, -0.2) is 31.8 Å². The van der Waals surface area contributed by atoms with Gasteiger partial charge in [0.1, 0.15) is 5.75 Å². The van der Waals surface area contributed by atoms with E-state index >= 15 is 0 Å². The number of hydrogen-bond donors (Lipinski definition) is 1. The number of nitrogens with one attached hydrogen (secondary N) is 1. The zero-order valence-electron chi connectivity index (χ0n) is 22.1.